The molecular formula is C19H23NO. The first-order valence-corrected chi connectivity index (χ1v) is 7.74. The molecule has 110 valence electrons. The van der Waals surface area contributed by atoms with Gasteiger partial charge in [0.25, 0.3) is 0 Å². The summed E-state index contributed by atoms with van der Waals surface area (Å²) in [7, 11) is 1.71. The average Bonchev–Trinajstić information content (AvgIpc) is 2.47. The Morgan fingerprint density at radius 2 is 2.00 bits per heavy atom. The first kappa shape index (κ1) is 14.1. The Bertz CT molecular complexity index is 618. The number of rotatable bonds is 3. The molecule has 2 nitrogen and oxygen atoms in total. The van der Waals surface area contributed by atoms with Gasteiger partial charge in [0.15, 0.2) is 0 Å². The molecule has 0 saturated carbocycles. The summed E-state index contributed by atoms with van der Waals surface area (Å²) >= 11 is 0. The molecule has 1 aliphatic rings. The topological polar surface area (TPSA) is 22.1 Å². The van der Waals surface area contributed by atoms with Crippen molar-refractivity contribution < 1.29 is 4.74 Å². The van der Waals surface area contributed by atoms with Crippen molar-refractivity contribution in [2.45, 2.75) is 39.0 Å². The van der Waals surface area contributed by atoms with E-state index in [4.69, 9.17) is 4.74 Å². The summed E-state index contributed by atoms with van der Waals surface area (Å²) in [5, 5.41) is 0. The summed E-state index contributed by atoms with van der Waals surface area (Å²) < 4.78 is 5.23. The van der Waals surface area contributed by atoms with Crippen LogP contribution in [0, 0.1) is 12.8 Å². The summed E-state index contributed by atoms with van der Waals surface area (Å²) in [6.07, 6.45) is 5.52. The van der Waals surface area contributed by atoms with Crippen LogP contribution in [-0.2, 0) is 12.8 Å². The van der Waals surface area contributed by atoms with Gasteiger partial charge in [-0.1, -0.05) is 25.1 Å². The zero-order valence-electron chi connectivity index (χ0n) is 13.1. The summed E-state index contributed by atoms with van der Waals surface area (Å²) in [5.41, 5.74) is 5.43. The van der Waals surface area contributed by atoms with Crippen LogP contribution in [0.2, 0.25) is 0 Å². The molecule has 0 radical (unpaired) electrons. The van der Waals surface area contributed by atoms with Crippen molar-refractivity contribution in [2.24, 2.45) is 5.92 Å². The third-order valence-electron chi connectivity index (χ3n) is 4.48. The molecule has 1 aliphatic carbocycles. The molecule has 0 bridgehead atoms. The normalized spacial score (nSPS) is 20.9. The first-order valence-electron chi connectivity index (χ1n) is 7.74. The number of ether oxygens (including phenoxy) is 1. The van der Waals surface area contributed by atoms with Crippen LogP contribution in [0.4, 0.5) is 0 Å². The minimum absolute atomic E-state index is 0.567. The highest BCUT2D eigenvalue weighted by molar-refractivity contribution is 5.31. The zero-order valence-corrected chi connectivity index (χ0v) is 13.1. The third-order valence-corrected chi connectivity index (χ3v) is 4.48. The molecule has 3 rings (SSSR count). The van der Waals surface area contributed by atoms with E-state index in [1.807, 2.05) is 6.20 Å². The van der Waals surface area contributed by atoms with Crippen molar-refractivity contribution >= 4 is 0 Å². The Labute approximate surface area is 127 Å². The number of fused-ring (bicyclic) bond motifs is 1. The molecule has 0 N–H and O–H groups in total. The lowest BCUT2D eigenvalue weighted by Gasteiger charge is -2.29. The molecule has 0 aliphatic heterocycles. The van der Waals surface area contributed by atoms with Gasteiger partial charge in [-0.15, -0.1) is 0 Å². The fraction of sp³-hybridized carbons (Fsp3) is 0.421. The number of methoxy groups -OCH3 is 1. The molecule has 1 aromatic carbocycles. The van der Waals surface area contributed by atoms with Crippen LogP contribution in [0.3, 0.4) is 0 Å². The van der Waals surface area contributed by atoms with E-state index in [-0.39, 0.29) is 0 Å². The van der Waals surface area contributed by atoms with Crippen molar-refractivity contribution in [2.75, 3.05) is 7.11 Å². The van der Waals surface area contributed by atoms with Gasteiger partial charge >= 0.3 is 0 Å². The molecule has 0 unspecified atom stereocenters. The SMILES string of the molecule is COc1ccc(C[C@H]2Cc3cc(C)cnc3[C@H](C)C2)cc1. The number of hydrogen-bond donors (Lipinski definition) is 0. The second-order valence-electron chi connectivity index (χ2n) is 6.32. The monoisotopic (exact) mass is 281 g/mol. The largest absolute Gasteiger partial charge is 0.497 e. The highest BCUT2D eigenvalue weighted by atomic mass is 16.5. The van der Waals surface area contributed by atoms with Crippen molar-refractivity contribution in [1.29, 1.82) is 0 Å². The number of aryl methyl sites for hydroxylation is 1. The van der Waals surface area contributed by atoms with Gasteiger partial charge in [-0.2, -0.15) is 0 Å². The van der Waals surface area contributed by atoms with Crippen molar-refractivity contribution in [3.05, 3.63) is 58.9 Å². The van der Waals surface area contributed by atoms with Crippen molar-refractivity contribution in [3.8, 4) is 5.75 Å². The smallest absolute Gasteiger partial charge is 0.118 e. The van der Waals surface area contributed by atoms with E-state index in [0.717, 1.165) is 18.6 Å². The van der Waals surface area contributed by atoms with Gasteiger partial charge in [0.1, 0.15) is 5.75 Å². The number of pyridine rings is 1. The van der Waals surface area contributed by atoms with Crippen LogP contribution in [-0.4, -0.2) is 12.1 Å². The average molecular weight is 281 g/mol. The Kier molecular flexibility index (Phi) is 3.96. The first-order chi connectivity index (χ1) is 10.2. The van der Waals surface area contributed by atoms with E-state index in [1.54, 1.807) is 7.11 Å². The molecule has 0 saturated heterocycles. The molecular weight excluding hydrogens is 258 g/mol. The summed E-state index contributed by atoms with van der Waals surface area (Å²) in [5.74, 6) is 2.21. The van der Waals surface area contributed by atoms with Crippen LogP contribution in [0.15, 0.2) is 36.5 Å². The van der Waals surface area contributed by atoms with E-state index in [1.165, 1.54) is 28.8 Å². The molecule has 21 heavy (non-hydrogen) atoms. The summed E-state index contributed by atoms with van der Waals surface area (Å²) in [6.45, 7) is 4.44. The van der Waals surface area contributed by atoms with Gasteiger partial charge in [-0.3, -0.25) is 4.98 Å². The molecule has 0 amide bonds. The number of nitrogens with zero attached hydrogens (tertiary/aromatic N) is 1. The predicted molar refractivity (Wildman–Crippen MR) is 85.9 cm³/mol. The van der Waals surface area contributed by atoms with Gasteiger partial charge in [0.05, 0.1) is 7.11 Å². The molecule has 1 heterocycles. The third kappa shape index (κ3) is 3.10. The number of hydrogen-bond acceptors (Lipinski definition) is 2. The van der Waals surface area contributed by atoms with Crippen molar-refractivity contribution in [3.63, 3.8) is 0 Å². The standard InChI is InChI=1S/C19H23NO/c1-13-8-17-11-16(9-14(2)19(17)20-12-13)10-15-4-6-18(21-3)7-5-15/h4-8,12,14,16H,9-11H2,1-3H3/t14-,16+/m1/s1. The van der Waals surface area contributed by atoms with Gasteiger partial charge in [0, 0.05) is 11.9 Å². The number of aromatic nitrogens is 1. The van der Waals surface area contributed by atoms with Gasteiger partial charge in [0.2, 0.25) is 0 Å². The number of benzene rings is 1. The minimum Gasteiger partial charge on any atom is -0.497 e. The Balaban J connectivity index is 1.75. The fourth-order valence-electron chi connectivity index (χ4n) is 3.50. The second-order valence-corrected chi connectivity index (χ2v) is 6.32. The van der Waals surface area contributed by atoms with Gasteiger partial charge in [-0.25, -0.2) is 0 Å². The maximum atomic E-state index is 5.23. The lowest BCUT2D eigenvalue weighted by molar-refractivity contribution is 0.404. The van der Waals surface area contributed by atoms with E-state index in [9.17, 15) is 0 Å². The van der Waals surface area contributed by atoms with Gasteiger partial charge in [-0.05, 0) is 66.8 Å². The van der Waals surface area contributed by atoms with Crippen LogP contribution < -0.4 is 4.74 Å². The Hall–Kier alpha value is -1.83. The molecule has 2 aromatic rings. The van der Waals surface area contributed by atoms with E-state index < -0.39 is 0 Å². The van der Waals surface area contributed by atoms with Crippen LogP contribution >= 0.6 is 0 Å². The van der Waals surface area contributed by atoms with Crippen molar-refractivity contribution in [1.82, 2.24) is 4.98 Å². The lowest BCUT2D eigenvalue weighted by Crippen LogP contribution is -2.20. The fourth-order valence-corrected chi connectivity index (χ4v) is 3.50. The maximum absolute atomic E-state index is 5.23. The minimum atomic E-state index is 0.567. The Morgan fingerprint density at radius 1 is 1.24 bits per heavy atom. The van der Waals surface area contributed by atoms with E-state index in [0.29, 0.717) is 11.8 Å². The highest BCUT2D eigenvalue weighted by Crippen LogP contribution is 2.35. The predicted octanol–water partition coefficient (Wildman–Crippen LogP) is 4.31. The molecule has 2 heteroatoms. The Morgan fingerprint density at radius 3 is 2.71 bits per heavy atom. The zero-order chi connectivity index (χ0) is 14.8. The molecule has 1 aromatic heterocycles. The van der Waals surface area contributed by atoms with Crippen LogP contribution in [0.1, 0.15) is 41.6 Å². The molecule has 0 spiro atoms. The quantitative estimate of drug-likeness (QED) is 0.836. The lowest BCUT2D eigenvalue weighted by atomic mass is 9.77. The maximum Gasteiger partial charge on any atom is 0.118 e. The second kappa shape index (κ2) is 5.88. The van der Waals surface area contributed by atoms with E-state index in [2.05, 4.69) is 49.2 Å². The molecule has 0 fully saturated rings. The molecule has 2 atom stereocenters. The summed E-state index contributed by atoms with van der Waals surface area (Å²) in [6, 6.07) is 10.8. The van der Waals surface area contributed by atoms with Crippen LogP contribution in [0.25, 0.3) is 0 Å². The van der Waals surface area contributed by atoms with Crippen LogP contribution in [0.5, 0.6) is 5.75 Å². The summed E-state index contributed by atoms with van der Waals surface area (Å²) in [4.78, 5) is 4.65. The highest BCUT2D eigenvalue weighted by Gasteiger charge is 2.25. The van der Waals surface area contributed by atoms with Gasteiger partial charge < -0.3 is 4.74 Å². The van der Waals surface area contributed by atoms with E-state index >= 15 is 0 Å².